The number of alkyl halides is 1. The molecule has 0 aliphatic carbocycles. The third-order valence-electron chi connectivity index (χ3n) is 1.84. The van der Waals surface area contributed by atoms with Crippen molar-refractivity contribution in [3.05, 3.63) is 0 Å². The Kier molecular flexibility index (Phi) is 2.82. The van der Waals surface area contributed by atoms with Gasteiger partial charge in [0.2, 0.25) is 0 Å². The van der Waals surface area contributed by atoms with Gasteiger partial charge in [-0.1, -0.05) is 0 Å². The summed E-state index contributed by atoms with van der Waals surface area (Å²) in [7, 11) is 1.27. The van der Waals surface area contributed by atoms with Gasteiger partial charge in [-0.3, -0.25) is 4.79 Å². The molecule has 0 aromatic rings. The molecule has 0 bridgehead atoms. The Hall–Kier alpha value is -0.640. The summed E-state index contributed by atoms with van der Waals surface area (Å²) in [5, 5.41) is 2.77. The smallest absolute Gasteiger partial charge is 0.325 e. The van der Waals surface area contributed by atoms with Gasteiger partial charge < -0.3 is 10.1 Å². The number of halogens is 1. The van der Waals surface area contributed by atoms with Crippen LogP contribution in [0.3, 0.4) is 0 Å². The van der Waals surface area contributed by atoms with E-state index in [0.29, 0.717) is 13.0 Å². The molecule has 2 atom stereocenters. The van der Waals surface area contributed by atoms with Crippen LogP contribution in [0.4, 0.5) is 4.39 Å². The zero-order valence-electron chi connectivity index (χ0n) is 6.47. The Balaban J connectivity index is 2.47. The van der Waals surface area contributed by atoms with Gasteiger partial charge in [0.25, 0.3) is 0 Å². The lowest BCUT2D eigenvalue weighted by Gasteiger charge is -2.24. The van der Waals surface area contributed by atoms with E-state index in [1.54, 1.807) is 0 Å². The highest BCUT2D eigenvalue weighted by molar-refractivity contribution is 5.76. The molecule has 0 spiro atoms. The summed E-state index contributed by atoms with van der Waals surface area (Å²) in [5.41, 5.74) is 0. The van der Waals surface area contributed by atoms with Gasteiger partial charge in [0.1, 0.15) is 12.2 Å². The molecular formula is C7H12FNO2. The highest BCUT2D eigenvalue weighted by Crippen LogP contribution is 2.12. The molecule has 0 radical (unpaired) electrons. The van der Waals surface area contributed by atoms with Crippen molar-refractivity contribution in [3.63, 3.8) is 0 Å². The standard InChI is InChI=1S/C7H12FNO2/c1-11-7(10)6-5(8)3-2-4-9-6/h5-6,9H,2-4H2,1H3/t5-,6+/m1/s1. The van der Waals surface area contributed by atoms with E-state index in [0.717, 1.165) is 6.42 Å². The van der Waals surface area contributed by atoms with Crippen molar-refractivity contribution in [2.45, 2.75) is 25.1 Å². The monoisotopic (exact) mass is 161 g/mol. The first-order valence-corrected chi connectivity index (χ1v) is 3.71. The molecule has 0 unspecified atom stereocenters. The van der Waals surface area contributed by atoms with Gasteiger partial charge in [0.05, 0.1) is 7.11 Å². The van der Waals surface area contributed by atoms with Crippen molar-refractivity contribution in [2.75, 3.05) is 13.7 Å². The number of rotatable bonds is 1. The van der Waals surface area contributed by atoms with Gasteiger partial charge in [-0.15, -0.1) is 0 Å². The van der Waals surface area contributed by atoms with Crippen molar-refractivity contribution in [1.82, 2.24) is 5.32 Å². The summed E-state index contributed by atoms with van der Waals surface area (Å²) in [6, 6.07) is -0.742. The maximum atomic E-state index is 12.9. The predicted octanol–water partition coefficient (Wildman–Crippen LogP) is 0.249. The largest absolute Gasteiger partial charge is 0.468 e. The first-order valence-electron chi connectivity index (χ1n) is 3.71. The SMILES string of the molecule is COC(=O)[C@H]1NCCC[C@H]1F. The highest BCUT2D eigenvalue weighted by atomic mass is 19.1. The van der Waals surface area contributed by atoms with Gasteiger partial charge in [-0.05, 0) is 19.4 Å². The zero-order valence-corrected chi connectivity index (χ0v) is 6.47. The van der Waals surface area contributed by atoms with E-state index < -0.39 is 18.2 Å². The molecule has 0 amide bonds. The minimum Gasteiger partial charge on any atom is -0.468 e. The second-order valence-corrected chi connectivity index (χ2v) is 2.61. The third-order valence-corrected chi connectivity index (χ3v) is 1.84. The number of hydrogen-bond donors (Lipinski definition) is 1. The summed E-state index contributed by atoms with van der Waals surface area (Å²) in [6.07, 6.45) is 0.151. The van der Waals surface area contributed by atoms with E-state index in [2.05, 4.69) is 10.1 Å². The van der Waals surface area contributed by atoms with Crippen LogP contribution >= 0.6 is 0 Å². The summed E-state index contributed by atoms with van der Waals surface area (Å²) in [6.45, 7) is 0.695. The van der Waals surface area contributed by atoms with Crippen molar-refractivity contribution in [2.24, 2.45) is 0 Å². The number of ether oxygens (including phenoxy) is 1. The number of hydrogen-bond acceptors (Lipinski definition) is 3. The molecular weight excluding hydrogens is 149 g/mol. The summed E-state index contributed by atoms with van der Waals surface area (Å²) >= 11 is 0. The van der Waals surface area contributed by atoms with Gasteiger partial charge >= 0.3 is 5.97 Å². The predicted molar refractivity (Wildman–Crippen MR) is 37.9 cm³/mol. The second-order valence-electron chi connectivity index (χ2n) is 2.61. The Morgan fingerprint density at radius 2 is 2.45 bits per heavy atom. The Bertz CT molecular complexity index is 151. The molecule has 1 N–H and O–H groups in total. The summed E-state index contributed by atoms with van der Waals surface area (Å²) in [5.74, 6) is -0.503. The van der Waals surface area contributed by atoms with Gasteiger partial charge in [0, 0.05) is 0 Å². The van der Waals surface area contributed by atoms with Crippen molar-refractivity contribution >= 4 is 5.97 Å². The Morgan fingerprint density at radius 3 is 3.00 bits per heavy atom. The first-order chi connectivity index (χ1) is 5.25. The quantitative estimate of drug-likeness (QED) is 0.560. The Morgan fingerprint density at radius 1 is 1.73 bits per heavy atom. The van der Waals surface area contributed by atoms with Crippen LogP contribution in [0.25, 0.3) is 0 Å². The van der Waals surface area contributed by atoms with Crippen LogP contribution in [-0.4, -0.2) is 31.8 Å². The maximum Gasteiger partial charge on any atom is 0.325 e. The number of piperidine rings is 1. The van der Waals surface area contributed by atoms with Gasteiger partial charge in [-0.2, -0.15) is 0 Å². The van der Waals surface area contributed by atoms with E-state index >= 15 is 0 Å². The maximum absolute atomic E-state index is 12.9. The molecule has 64 valence electrons. The van der Waals surface area contributed by atoms with Crippen LogP contribution in [0.15, 0.2) is 0 Å². The molecule has 0 aromatic carbocycles. The summed E-state index contributed by atoms with van der Waals surface area (Å²) in [4.78, 5) is 10.9. The lowest BCUT2D eigenvalue weighted by molar-refractivity contribution is -0.145. The highest BCUT2D eigenvalue weighted by Gasteiger charge is 2.31. The lowest BCUT2D eigenvalue weighted by Crippen LogP contribution is -2.48. The van der Waals surface area contributed by atoms with E-state index in [4.69, 9.17) is 0 Å². The van der Waals surface area contributed by atoms with Crippen molar-refractivity contribution in [3.8, 4) is 0 Å². The van der Waals surface area contributed by atoms with E-state index in [9.17, 15) is 9.18 Å². The van der Waals surface area contributed by atoms with Crippen LogP contribution in [0.1, 0.15) is 12.8 Å². The number of nitrogens with one attached hydrogen (secondary N) is 1. The summed E-state index contributed by atoms with van der Waals surface area (Å²) < 4.78 is 17.3. The molecule has 0 saturated carbocycles. The molecule has 4 heteroatoms. The van der Waals surface area contributed by atoms with Crippen LogP contribution in [-0.2, 0) is 9.53 Å². The lowest BCUT2D eigenvalue weighted by atomic mass is 10.0. The van der Waals surface area contributed by atoms with E-state index in [1.165, 1.54) is 7.11 Å². The molecule has 1 aliphatic heterocycles. The van der Waals surface area contributed by atoms with Crippen LogP contribution in [0.2, 0.25) is 0 Å². The normalized spacial score (nSPS) is 31.5. The Labute approximate surface area is 64.9 Å². The molecule has 1 fully saturated rings. The second kappa shape index (κ2) is 3.67. The van der Waals surface area contributed by atoms with Crippen molar-refractivity contribution < 1.29 is 13.9 Å². The molecule has 1 saturated heterocycles. The fraction of sp³-hybridized carbons (Fsp3) is 0.857. The minimum atomic E-state index is -1.09. The topological polar surface area (TPSA) is 38.3 Å². The molecule has 1 rings (SSSR count). The first kappa shape index (κ1) is 8.46. The van der Waals surface area contributed by atoms with Gasteiger partial charge in [0.15, 0.2) is 0 Å². The zero-order chi connectivity index (χ0) is 8.27. The van der Waals surface area contributed by atoms with Gasteiger partial charge in [-0.25, -0.2) is 4.39 Å². The van der Waals surface area contributed by atoms with E-state index in [1.807, 2.05) is 0 Å². The molecule has 3 nitrogen and oxygen atoms in total. The fourth-order valence-corrected chi connectivity index (χ4v) is 1.21. The number of carbonyl (C=O) groups excluding carboxylic acids is 1. The molecule has 1 heterocycles. The van der Waals surface area contributed by atoms with Crippen LogP contribution in [0.5, 0.6) is 0 Å². The fourth-order valence-electron chi connectivity index (χ4n) is 1.21. The number of methoxy groups -OCH3 is 1. The van der Waals surface area contributed by atoms with Crippen LogP contribution in [0, 0.1) is 0 Å². The van der Waals surface area contributed by atoms with Crippen molar-refractivity contribution in [1.29, 1.82) is 0 Å². The molecule has 0 aromatic heterocycles. The average molecular weight is 161 g/mol. The van der Waals surface area contributed by atoms with Crippen LogP contribution < -0.4 is 5.32 Å². The minimum absolute atomic E-state index is 0.451. The molecule has 1 aliphatic rings. The van der Waals surface area contributed by atoms with E-state index in [-0.39, 0.29) is 0 Å². The number of esters is 1. The third kappa shape index (κ3) is 1.89. The molecule has 11 heavy (non-hydrogen) atoms. The average Bonchev–Trinajstić information content (AvgIpc) is 2.04. The number of carbonyl (C=O) groups is 1.